The van der Waals surface area contributed by atoms with Gasteiger partial charge in [-0.1, -0.05) is 0 Å². The fraction of sp³-hybridized carbons (Fsp3) is 0.833. The number of aliphatic hydroxyl groups is 3. The van der Waals surface area contributed by atoms with Crippen LogP contribution in [0.5, 0.6) is 0 Å². The largest absolute Gasteiger partial charge is 0.394 e. The zero-order chi connectivity index (χ0) is 8.43. The summed E-state index contributed by atoms with van der Waals surface area (Å²) in [6, 6.07) is 0. The highest BCUT2D eigenvalue weighted by Crippen LogP contribution is 2.11. The second-order valence-corrected chi connectivity index (χ2v) is 2.43. The Labute approximate surface area is 63.2 Å². The molecular formula is C6H10O5. The summed E-state index contributed by atoms with van der Waals surface area (Å²) in [6.45, 7) is -0.644. The maximum atomic E-state index is 10.6. The van der Waals surface area contributed by atoms with Crippen LogP contribution in [0.4, 0.5) is 0 Å². The number of hydrogen-bond donors (Lipinski definition) is 3. The quantitative estimate of drug-likeness (QED) is 0.402. The fourth-order valence-electron chi connectivity index (χ4n) is 0.928. The zero-order valence-electron chi connectivity index (χ0n) is 5.80. The van der Waals surface area contributed by atoms with Gasteiger partial charge < -0.3 is 20.1 Å². The van der Waals surface area contributed by atoms with Crippen molar-refractivity contribution in [2.75, 3.05) is 13.2 Å². The predicted octanol–water partition coefficient (Wildman–Crippen LogP) is -2.33. The molecule has 0 spiro atoms. The molecule has 0 bridgehead atoms. The van der Waals surface area contributed by atoms with Gasteiger partial charge in [-0.25, -0.2) is 0 Å². The molecule has 5 nitrogen and oxygen atoms in total. The van der Waals surface area contributed by atoms with E-state index in [0.29, 0.717) is 0 Å². The molecule has 5 heteroatoms. The lowest BCUT2D eigenvalue weighted by Gasteiger charge is -2.29. The Kier molecular flexibility index (Phi) is 2.56. The Balaban J connectivity index is 2.59. The summed E-state index contributed by atoms with van der Waals surface area (Å²) in [5.74, 6) is -0.554. The molecule has 11 heavy (non-hydrogen) atoms. The summed E-state index contributed by atoms with van der Waals surface area (Å²) >= 11 is 0. The third kappa shape index (κ3) is 1.57. The van der Waals surface area contributed by atoms with Gasteiger partial charge in [-0.15, -0.1) is 0 Å². The van der Waals surface area contributed by atoms with Crippen molar-refractivity contribution in [2.24, 2.45) is 0 Å². The van der Waals surface area contributed by atoms with Gasteiger partial charge >= 0.3 is 0 Å². The van der Waals surface area contributed by atoms with Gasteiger partial charge in [0.1, 0.15) is 24.9 Å². The SMILES string of the molecule is O=C1COC(CO)[C@@H](O)[C@H]1O. The average Bonchev–Trinajstić information content (AvgIpc) is 2.01. The lowest BCUT2D eigenvalue weighted by atomic mass is 10.0. The monoisotopic (exact) mass is 162 g/mol. The Morgan fingerprint density at radius 1 is 1.55 bits per heavy atom. The molecule has 64 valence electrons. The van der Waals surface area contributed by atoms with Crippen LogP contribution in [-0.2, 0) is 9.53 Å². The molecule has 0 saturated carbocycles. The smallest absolute Gasteiger partial charge is 0.189 e. The van der Waals surface area contributed by atoms with Crippen molar-refractivity contribution in [3.8, 4) is 0 Å². The molecule has 0 amide bonds. The van der Waals surface area contributed by atoms with E-state index in [2.05, 4.69) is 0 Å². The van der Waals surface area contributed by atoms with E-state index in [1.807, 2.05) is 0 Å². The van der Waals surface area contributed by atoms with Gasteiger partial charge in [-0.05, 0) is 0 Å². The van der Waals surface area contributed by atoms with Crippen molar-refractivity contribution in [2.45, 2.75) is 18.3 Å². The summed E-state index contributed by atoms with van der Waals surface area (Å²) < 4.78 is 4.71. The van der Waals surface area contributed by atoms with Crippen LogP contribution in [0.15, 0.2) is 0 Å². The van der Waals surface area contributed by atoms with Crippen LogP contribution in [0.25, 0.3) is 0 Å². The summed E-state index contributed by atoms with van der Waals surface area (Å²) in [7, 11) is 0. The van der Waals surface area contributed by atoms with Gasteiger partial charge in [0.25, 0.3) is 0 Å². The number of carbonyl (C=O) groups excluding carboxylic acids is 1. The third-order valence-corrected chi connectivity index (χ3v) is 1.65. The van der Waals surface area contributed by atoms with Crippen LogP contribution in [-0.4, -0.2) is 52.6 Å². The summed E-state index contributed by atoms with van der Waals surface area (Å²) in [5.41, 5.74) is 0. The molecular weight excluding hydrogens is 152 g/mol. The van der Waals surface area contributed by atoms with Gasteiger partial charge in [0.05, 0.1) is 6.61 Å². The Hall–Kier alpha value is -0.490. The average molecular weight is 162 g/mol. The highest BCUT2D eigenvalue weighted by atomic mass is 16.5. The second kappa shape index (κ2) is 3.27. The first-order chi connectivity index (χ1) is 5.16. The number of carbonyl (C=O) groups is 1. The predicted molar refractivity (Wildman–Crippen MR) is 33.8 cm³/mol. The van der Waals surface area contributed by atoms with E-state index in [4.69, 9.17) is 20.1 Å². The van der Waals surface area contributed by atoms with Gasteiger partial charge in [-0.3, -0.25) is 4.79 Å². The molecule has 1 heterocycles. The van der Waals surface area contributed by atoms with E-state index in [1.54, 1.807) is 0 Å². The molecule has 1 saturated heterocycles. The number of rotatable bonds is 1. The zero-order valence-corrected chi connectivity index (χ0v) is 5.80. The van der Waals surface area contributed by atoms with E-state index in [9.17, 15) is 4.79 Å². The second-order valence-electron chi connectivity index (χ2n) is 2.43. The van der Waals surface area contributed by atoms with Crippen molar-refractivity contribution in [3.05, 3.63) is 0 Å². The molecule has 0 aromatic carbocycles. The molecule has 3 N–H and O–H groups in total. The molecule has 1 aliphatic rings. The molecule has 0 radical (unpaired) electrons. The third-order valence-electron chi connectivity index (χ3n) is 1.65. The van der Waals surface area contributed by atoms with E-state index in [-0.39, 0.29) is 6.61 Å². The van der Waals surface area contributed by atoms with Crippen molar-refractivity contribution in [1.29, 1.82) is 0 Å². The number of ketones is 1. The first-order valence-electron chi connectivity index (χ1n) is 3.28. The van der Waals surface area contributed by atoms with Gasteiger partial charge in [0.15, 0.2) is 5.78 Å². The standard InChI is InChI=1S/C6H10O5/c7-1-4-6(10)5(9)3(8)2-11-4/h4-7,9-10H,1-2H2/t4?,5-,6+/m0/s1. The molecule has 0 aromatic rings. The number of hydrogen-bond acceptors (Lipinski definition) is 5. The topological polar surface area (TPSA) is 87.0 Å². The number of ether oxygens (including phenoxy) is 1. The minimum atomic E-state index is -1.42. The van der Waals surface area contributed by atoms with E-state index >= 15 is 0 Å². The minimum absolute atomic E-state index is 0.247. The van der Waals surface area contributed by atoms with Crippen LogP contribution in [0, 0.1) is 0 Å². The first kappa shape index (κ1) is 8.61. The molecule has 1 rings (SSSR count). The lowest BCUT2D eigenvalue weighted by molar-refractivity contribution is -0.170. The van der Waals surface area contributed by atoms with Gasteiger partial charge in [-0.2, -0.15) is 0 Å². The molecule has 1 fully saturated rings. The summed E-state index contributed by atoms with van der Waals surface area (Å²) in [5, 5.41) is 26.6. The molecule has 0 aromatic heterocycles. The van der Waals surface area contributed by atoms with E-state index in [0.717, 1.165) is 0 Å². The summed E-state index contributed by atoms with van der Waals surface area (Å²) in [6.07, 6.45) is -3.56. The molecule has 3 atom stereocenters. The van der Waals surface area contributed by atoms with Gasteiger partial charge in [0, 0.05) is 0 Å². The van der Waals surface area contributed by atoms with Crippen LogP contribution in [0.1, 0.15) is 0 Å². The van der Waals surface area contributed by atoms with Crippen LogP contribution in [0.2, 0.25) is 0 Å². The Bertz CT molecular complexity index is 157. The molecule has 0 aliphatic carbocycles. The fourth-order valence-corrected chi connectivity index (χ4v) is 0.928. The first-order valence-corrected chi connectivity index (χ1v) is 3.28. The Morgan fingerprint density at radius 2 is 2.18 bits per heavy atom. The highest BCUT2D eigenvalue weighted by Gasteiger charge is 2.36. The van der Waals surface area contributed by atoms with Crippen molar-refractivity contribution >= 4 is 5.78 Å². The molecule has 1 aliphatic heterocycles. The maximum absolute atomic E-state index is 10.6. The normalized spacial score (nSPS) is 39.2. The van der Waals surface area contributed by atoms with E-state index in [1.165, 1.54) is 0 Å². The van der Waals surface area contributed by atoms with Crippen molar-refractivity contribution in [1.82, 2.24) is 0 Å². The van der Waals surface area contributed by atoms with Gasteiger partial charge in [0.2, 0.25) is 0 Å². The van der Waals surface area contributed by atoms with E-state index < -0.39 is 30.7 Å². The number of Topliss-reactive ketones (excluding diaryl/α,β-unsaturated/α-hetero) is 1. The minimum Gasteiger partial charge on any atom is -0.394 e. The number of aliphatic hydroxyl groups excluding tert-OH is 3. The Morgan fingerprint density at radius 3 is 2.73 bits per heavy atom. The van der Waals surface area contributed by atoms with Crippen molar-refractivity contribution in [3.63, 3.8) is 0 Å². The molecule has 1 unspecified atom stereocenters. The van der Waals surface area contributed by atoms with Crippen LogP contribution >= 0.6 is 0 Å². The lowest BCUT2D eigenvalue weighted by Crippen LogP contribution is -2.51. The highest BCUT2D eigenvalue weighted by molar-refractivity contribution is 5.85. The summed E-state index contributed by atoms with van der Waals surface area (Å²) in [4.78, 5) is 10.6. The van der Waals surface area contributed by atoms with Crippen molar-refractivity contribution < 1.29 is 24.9 Å². The van der Waals surface area contributed by atoms with Crippen LogP contribution in [0.3, 0.4) is 0 Å². The maximum Gasteiger partial charge on any atom is 0.189 e. The van der Waals surface area contributed by atoms with Crippen LogP contribution < -0.4 is 0 Å².